The van der Waals surface area contributed by atoms with E-state index in [4.69, 9.17) is 4.74 Å². The highest BCUT2D eigenvalue weighted by atomic mass is 32.2. The molecule has 0 aliphatic heterocycles. The summed E-state index contributed by atoms with van der Waals surface area (Å²) in [5, 5.41) is 2.62. The van der Waals surface area contributed by atoms with Gasteiger partial charge in [0.15, 0.2) is 0 Å². The fourth-order valence-electron chi connectivity index (χ4n) is 1.41. The third-order valence-electron chi connectivity index (χ3n) is 2.13. The lowest BCUT2D eigenvalue weighted by atomic mass is 10.2. The predicted molar refractivity (Wildman–Crippen MR) is 69.0 cm³/mol. The number of hydrogen-bond acceptors (Lipinski definition) is 4. The highest BCUT2D eigenvalue weighted by molar-refractivity contribution is 7.88. The van der Waals surface area contributed by atoms with E-state index in [-0.39, 0.29) is 12.5 Å². The molecule has 1 aromatic rings. The maximum atomic E-state index is 11.0. The molecule has 0 bridgehead atoms. The molecule has 1 rings (SSSR count). The summed E-state index contributed by atoms with van der Waals surface area (Å²) >= 11 is 0. The average molecular weight is 272 g/mol. The molecule has 0 aromatic heterocycles. The quantitative estimate of drug-likeness (QED) is 0.826. The van der Waals surface area contributed by atoms with Gasteiger partial charge in [0.05, 0.1) is 13.4 Å². The standard InChI is InChI=1S/C11H16N2O4S/c1-8(14)13-10-4-5-11(17-2)9(6-10)7-12-18(3,15)16/h4-6,12H,7H2,1-3H3,(H,13,14). The Hall–Kier alpha value is -1.60. The van der Waals surface area contributed by atoms with Crippen LogP contribution >= 0.6 is 0 Å². The second-order valence-corrected chi connectivity index (χ2v) is 5.63. The number of hydrogen-bond donors (Lipinski definition) is 2. The van der Waals surface area contributed by atoms with Crippen molar-refractivity contribution >= 4 is 21.6 Å². The maximum absolute atomic E-state index is 11.0. The first kappa shape index (κ1) is 14.5. The molecule has 0 heterocycles. The molecule has 0 saturated carbocycles. The Morgan fingerprint density at radius 2 is 2.06 bits per heavy atom. The fourth-order valence-corrected chi connectivity index (χ4v) is 1.82. The topological polar surface area (TPSA) is 84.5 Å². The molecule has 6 nitrogen and oxygen atoms in total. The Labute approximate surface area is 106 Å². The van der Waals surface area contributed by atoms with Crippen LogP contribution in [0.25, 0.3) is 0 Å². The highest BCUT2D eigenvalue weighted by Gasteiger charge is 2.08. The van der Waals surface area contributed by atoms with Crippen LogP contribution in [-0.4, -0.2) is 27.7 Å². The lowest BCUT2D eigenvalue weighted by molar-refractivity contribution is -0.114. The van der Waals surface area contributed by atoms with Crippen LogP contribution in [0, 0.1) is 0 Å². The van der Waals surface area contributed by atoms with E-state index < -0.39 is 10.0 Å². The largest absolute Gasteiger partial charge is 0.496 e. The number of methoxy groups -OCH3 is 1. The van der Waals surface area contributed by atoms with Gasteiger partial charge in [-0.05, 0) is 18.2 Å². The third kappa shape index (κ3) is 4.72. The van der Waals surface area contributed by atoms with Crippen LogP contribution in [0.2, 0.25) is 0 Å². The van der Waals surface area contributed by atoms with E-state index in [0.29, 0.717) is 17.0 Å². The number of carbonyl (C=O) groups is 1. The summed E-state index contributed by atoms with van der Waals surface area (Å²) < 4.78 is 29.6. The molecule has 0 fully saturated rings. The molecule has 0 aliphatic rings. The first-order valence-corrected chi connectivity index (χ1v) is 7.10. The SMILES string of the molecule is COc1ccc(NC(C)=O)cc1CNS(C)(=O)=O. The van der Waals surface area contributed by atoms with Crippen molar-refractivity contribution in [3.8, 4) is 5.75 Å². The number of sulfonamides is 1. The summed E-state index contributed by atoms with van der Waals surface area (Å²) in [6, 6.07) is 5.02. The zero-order valence-electron chi connectivity index (χ0n) is 10.5. The van der Waals surface area contributed by atoms with Gasteiger partial charge in [-0.15, -0.1) is 0 Å². The number of ether oxygens (including phenoxy) is 1. The minimum absolute atomic E-state index is 0.107. The van der Waals surface area contributed by atoms with Crippen LogP contribution in [0.15, 0.2) is 18.2 Å². The lowest BCUT2D eigenvalue weighted by Crippen LogP contribution is -2.21. The molecule has 7 heteroatoms. The summed E-state index contributed by atoms with van der Waals surface area (Å²) in [5.74, 6) is 0.363. The molecule has 0 aliphatic carbocycles. The fraction of sp³-hybridized carbons (Fsp3) is 0.364. The van der Waals surface area contributed by atoms with E-state index >= 15 is 0 Å². The van der Waals surface area contributed by atoms with Crippen LogP contribution in [-0.2, 0) is 21.4 Å². The van der Waals surface area contributed by atoms with Crippen LogP contribution in [0.4, 0.5) is 5.69 Å². The van der Waals surface area contributed by atoms with Crippen molar-refractivity contribution in [3.05, 3.63) is 23.8 Å². The van der Waals surface area contributed by atoms with Crippen molar-refractivity contribution in [1.29, 1.82) is 0 Å². The van der Waals surface area contributed by atoms with Crippen molar-refractivity contribution in [2.75, 3.05) is 18.7 Å². The molecular weight excluding hydrogens is 256 g/mol. The van der Waals surface area contributed by atoms with Crippen LogP contribution in [0.5, 0.6) is 5.75 Å². The first-order valence-electron chi connectivity index (χ1n) is 5.21. The van der Waals surface area contributed by atoms with Gasteiger partial charge < -0.3 is 10.1 Å². The molecule has 0 unspecified atom stereocenters. The Bertz CT molecular complexity index is 540. The molecule has 100 valence electrons. The van der Waals surface area contributed by atoms with E-state index in [1.54, 1.807) is 18.2 Å². The predicted octanol–water partition coefficient (Wildman–Crippen LogP) is 0.703. The normalized spacial score (nSPS) is 11.1. The molecule has 1 amide bonds. The second kappa shape index (κ2) is 5.83. The highest BCUT2D eigenvalue weighted by Crippen LogP contribution is 2.22. The minimum atomic E-state index is -3.28. The van der Waals surface area contributed by atoms with Gasteiger partial charge in [0.2, 0.25) is 15.9 Å². The van der Waals surface area contributed by atoms with Gasteiger partial charge in [0.1, 0.15) is 5.75 Å². The average Bonchev–Trinajstić information content (AvgIpc) is 2.25. The van der Waals surface area contributed by atoms with Gasteiger partial charge >= 0.3 is 0 Å². The van der Waals surface area contributed by atoms with Crippen LogP contribution in [0.3, 0.4) is 0 Å². The molecule has 1 aromatic carbocycles. The molecular formula is C11H16N2O4S. The number of carbonyl (C=O) groups excluding carboxylic acids is 1. The first-order chi connectivity index (χ1) is 8.31. The molecule has 0 atom stereocenters. The molecule has 0 radical (unpaired) electrons. The molecule has 18 heavy (non-hydrogen) atoms. The molecule has 0 spiro atoms. The lowest BCUT2D eigenvalue weighted by Gasteiger charge is -2.11. The smallest absolute Gasteiger partial charge is 0.221 e. The van der Waals surface area contributed by atoms with E-state index in [0.717, 1.165) is 6.26 Å². The van der Waals surface area contributed by atoms with Crippen molar-refractivity contribution in [3.63, 3.8) is 0 Å². The van der Waals surface area contributed by atoms with Crippen LogP contribution in [0.1, 0.15) is 12.5 Å². The van der Waals surface area contributed by atoms with Gasteiger partial charge in [0, 0.05) is 24.7 Å². The summed E-state index contributed by atoms with van der Waals surface area (Å²) in [6.07, 6.45) is 1.08. The van der Waals surface area contributed by atoms with Crippen LogP contribution < -0.4 is 14.8 Å². The Balaban J connectivity index is 2.95. The number of benzene rings is 1. The van der Waals surface area contributed by atoms with Crippen molar-refractivity contribution in [2.24, 2.45) is 0 Å². The minimum Gasteiger partial charge on any atom is -0.496 e. The van der Waals surface area contributed by atoms with Gasteiger partial charge in [-0.25, -0.2) is 13.1 Å². The van der Waals surface area contributed by atoms with Gasteiger partial charge in [0.25, 0.3) is 0 Å². The van der Waals surface area contributed by atoms with Crippen molar-refractivity contribution < 1.29 is 17.9 Å². The Morgan fingerprint density at radius 1 is 1.39 bits per heavy atom. The summed E-state index contributed by atoms with van der Waals surface area (Å²) in [5.41, 5.74) is 1.24. The van der Waals surface area contributed by atoms with Crippen molar-refractivity contribution in [1.82, 2.24) is 4.72 Å². The van der Waals surface area contributed by atoms with Gasteiger partial charge in [-0.2, -0.15) is 0 Å². The van der Waals surface area contributed by atoms with Gasteiger partial charge in [-0.3, -0.25) is 4.79 Å². The summed E-state index contributed by atoms with van der Waals surface area (Å²) in [7, 11) is -1.78. The monoisotopic (exact) mass is 272 g/mol. The van der Waals surface area contributed by atoms with E-state index in [1.165, 1.54) is 14.0 Å². The van der Waals surface area contributed by atoms with E-state index in [2.05, 4.69) is 10.0 Å². The summed E-state index contributed by atoms with van der Waals surface area (Å²) in [6.45, 7) is 1.51. The molecule has 0 saturated heterocycles. The zero-order valence-corrected chi connectivity index (χ0v) is 11.3. The Morgan fingerprint density at radius 3 is 2.56 bits per heavy atom. The third-order valence-corrected chi connectivity index (χ3v) is 2.79. The van der Waals surface area contributed by atoms with Gasteiger partial charge in [-0.1, -0.05) is 0 Å². The second-order valence-electron chi connectivity index (χ2n) is 3.80. The number of nitrogens with one attached hydrogen (secondary N) is 2. The number of rotatable bonds is 5. The van der Waals surface area contributed by atoms with E-state index in [9.17, 15) is 13.2 Å². The zero-order chi connectivity index (χ0) is 13.8. The number of amides is 1. The molecule has 2 N–H and O–H groups in total. The number of anilines is 1. The summed E-state index contributed by atoms with van der Waals surface area (Å²) in [4.78, 5) is 10.9. The maximum Gasteiger partial charge on any atom is 0.221 e. The van der Waals surface area contributed by atoms with E-state index in [1.807, 2.05) is 0 Å². The van der Waals surface area contributed by atoms with Crippen molar-refractivity contribution in [2.45, 2.75) is 13.5 Å². The Kier molecular flexibility index (Phi) is 4.69.